The smallest absolute Gasteiger partial charge is 0.0795 e. The van der Waals surface area contributed by atoms with Crippen LogP contribution in [0.1, 0.15) is 58.6 Å². The normalized spacial score (nSPS) is 27.2. The number of likely N-dealkylation sites (N-methyl/N-ethyl adjacent to an activating group) is 1. The number of thiazole rings is 1. The molecule has 0 spiro atoms. The van der Waals surface area contributed by atoms with Gasteiger partial charge in [-0.1, -0.05) is 27.2 Å². The van der Waals surface area contributed by atoms with Crippen LogP contribution in [0.25, 0.3) is 0 Å². The molecule has 1 heterocycles. The van der Waals surface area contributed by atoms with Gasteiger partial charge >= 0.3 is 0 Å². The number of nitrogens with zero attached hydrogens (tertiary/aromatic N) is 2. The van der Waals surface area contributed by atoms with Gasteiger partial charge in [-0.2, -0.15) is 0 Å². The van der Waals surface area contributed by atoms with Crippen LogP contribution in [-0.2, 0) is 6.54 Å². The zero-order valence-corrected chi connectivity index (χ0v) is 14.9. The summed E-state index contributed by atoms with van der Waals surface area (Å²) < 4.78 is 0. The van der Waals surface area contributed by atoms with Gasteiger partial charge < -0.3 is 5.73 Å². The first-order chi connectivity index (χ1) is 9.93. The Morgan fingerprint density at radius 1 is 1.43 bits per heavy atom. The zero-order chi connectivity index (χ0) is 15.5. The molecule has 2 N–H and O–H groups in total. The van der Waals surface area contributed by atoms with Crippen molar-refractivity contribution in [3.05, 3.63) is 16.6 Å². The van der Waals surface area contributed by atoms with Crippen molar-refractivity contribution in [2.45, 2.75) is 65.0 Å². The molecule has 120 valence electrons. The first-order valence-corrected chi connectivity index (χ1v) is 9.16. The fourth-order valence-corrected chi connectivity index (χ4v) is 4.24. The summed E-state index contributed by atoms with van der Waals surface area (Å²) in [5, 5.41) is 2.15. The first-order valence-electron chi connectivity index (χ1n) is 8.22. The molecule has 1 aromatic rings. The van der Waals surface area contributed by atoms with Crippen LogP contribution in [0, 0.1) is 11.3 Å². The Bertz CT molecular complexity index is 419. The SMILES string of the molecule is CCC(C)(C)C1CCC(CN)(N(C)Cc2cscn2)CC1. The van der Waals surface area contributed by atoms with Crippen LogP contribution in [0.5, 0.6) is 0 Å². The van der Waals surface area contributed by atoms with Gasteiger partial charge in [0.25, 0.3) is 0 Å². The van der Waals surface area contributed by atoms with Crippen molar-refractivity contribution in [3.8, 4) is 0 Å². The van der Waals surface area contributed by atoms with Crippen LogP contribution in [0.15, 0.2) is 10.9 Å². The second-order valence-corrected chi connectivity index (χ2v) is 8.10. The Labute approximate surface area is 133 Å². The van der Waals surface area contributed by atoms with E-state index in [0.717, 1.165) is 19.0 Å². The van der Waals surface area contributed by atoms with E-state index in [0.29, 0.717) is 5.41 Å². The Hall–Kier alpha value is -0.450. The third-order valence-electron chi connectivity index (χ3n) is 6.01. The van der Waals surface area contributed by atoms with E-state index < -0.39 is 0 Å². The Balaban J connectivity index is 2.00. The highest BCUT2D eigenvalue weighted by Crippen LogP contribution is 2.44. The van der Waals surface area contributed by atoms with E-state index in [1.54, 1.807) is 11.3 Å². The van der Waals surface area contributed by atoms with E-state index in [4.69, 9.17) is 5.73 Å². The van der Waals surface area contributed by atoms with Crippen LogP contribution in [0.2, 0.25) is 0 Å². The summed E-state index contributed by atoms with van der Waals surface area (Å²) >= 11 is 1.67. The van der Waals surface area contributed by atoms with Gasteiger partial charge in [0.05, 0.1) is 11.2 Å². The molecule has 0 aromatic carbocycles. The zero-order valence-electron chi connectivity index (χ0n) is 14.1. The monoisotopic (exact) mass is 309 g/mol. The fourth-order valence-electron chi connectivity index (χ4n) is 3.69. The van der Waals surface area contributed by atoms with Gasteiger partial charge in [-0.3, -0.25) is 4.90 Å². The molecule has 0 bridgehead atoms. The van der Waals surface area contributed by atoms with Gasteiger partial charge in [0.1, 0.15) is 0 Å². The molecular formula is C17H31N3S. The predicted octanol–water partition coefficient (Wildman–Crippen LogP) is 3.90. The maximum atomic E-state index is 6.20. The van der Waals surface area contributed by atoms with Crippen LogP contribution in [0.3, 0.4) is 0 Å². The minimum atomic E-state index is 0.171. The average molecular weight is 310 g/mol. The van der Waals surface area contributed by atoms with Gasteiger partial charge in [0.2, 0.25) is 0 Å². The second kappa shape index (κ2) is 6.76. The summed E-state index contributed by atoms with van der Waals surface area (Å²) in [5.74, 6) is 0.842. The average Bonchev–Trinajstić information content (AvgIpc) is 3.00. The summed E-state index contributed by atoms with van der Waals surface area (Å²) in [4.78, 5) is 6.88. The minimum Gasteiger partial charge on any atom is -0.329 e. The fraction of sp³-hybridized carbons (Fsp3) is 0.824. The molecule has 21 heavy (non-hydrogen) atoms. The standard InChI is InChI=1S/C17H31N3S/c1-5-16(2,3)14-6-8-17(12-18,9-7-14)20(4)10-15-11-21-13-19-15/h11,13-14H,5-10,12,18H2,1-4H3. The lowest BCUT2D eigenvalue weighted by molar-refractivity contribution is 0.0272. The maximum absolute atomic E-state index is 6.20. The molecule has 1 saturated carbocycles. The van der Waals surface area contributed by atoms with Crippen LogP contribution >= 0.6 is 11.3 Å². The topological polar surface area (TPSA) is 42.1 Å². The summed E-state index contributed by atoms with van der Waals surface area (Å²) in [6.07, 6.45) is 6.32. The molecule has 3 nitrogen and oxygen atoms in total. The second-order valence-electron chi connectivity index (χ2n) is 7.38. The van der Waals surface area contributed by atoms with E-state index in [1.807, 2.05) is 5.51 Å². The highest BCUT2D eigenvalue weighted by molar-refractivity contribution is 7.07. The molecular weight excluding hydrogens is 278 g/mol. The molecule has 1 aromatic heterocycles. The molecule has 1 aliphatic carbocycles. The van der Waals surface area contributed by atoms with Gasteiger partial charge in [0, 0.05) is 24.0 Å². The maximum Gasteiger partial charge on any atom is 0.0795 e. The van der Waals surface area contributed by atoms with Crippen molar-refractivity contribution in [1.29, 1.82) is 0 Å². The molecule has 0 atom stereocenters. The lowest BCUT2D eigenvalue weighted by atomic mass is 9.65. The Morgan fingerprint density at radius 2 is 2.10 bits per heavy atom. The van der Waals surface area contributed by atoms with Gasteiger partial charge in [-0.25, -0.2) is 4.98 Å². The third kappa shape index (κ3) is 3.66. The largest absolute Gasteiger partial charge is 0.329 e. The van der Waals surface area contributed by atoms with Gasteiger partial charge in [-0.15, -0.1) is 11.3 Å². The molecule has 0 amide bonds. The predicted molar refractivity (Wildman–Crippen MR) is 91.4 cm³/mol. The van der Waals surface area contributed by atoms with E-state index in [1.165, 1.54) is 37.8 Å². The minimum absolute atomic E-state index is 0.171. The summed E-state index contributed by atoms with van der Waals surface area (Å²) in [6.45, 7) is 8.84. The van der Waals surface area contributed by atoms with Crippen molar-refractivity contribution in [2.75, 3.05) is 13.6 Å². The van der Waals surface area contributed by atoms with Crippen molar-refractivity contribution in [1.82, 2.24) is 9.88 Å². The number of rotatable bonds is 6. The first kappa shape index (κ1) is 16.9. The van der Waals surface area contributed by atoms with Crippen LogP contribution < -0.4 is 5.73 Å². The summed E-state index contributed by atoms with van der Waals surface area (Å²) in [7, 11) is 2.22. The molecule has 0 saturated heterocycles. The van der Waals surface area contributed by atoms with Crippen molar-refractivity contribution >= 4 is 11.3 Å². The molecule has 0 aliphatic heterocycles. The van der Waals surface area contributed by atoms with Crippen LogP contribution in [0.4, 0.5) is 0 Å². The summed E-state index contributed by atoms with van der Waals surface area (Å²) in [5.41, 5.74) is 9.92. The molecule has 4 heteroatoms. The van der Waals surface area contributed by atoms with Crippen molar-refractivity contribution in [2.24, 2.45) is 17.1 Å². The third-order valence-corrected chi connectivity index (χ3v) is 6.64. The van der Waals surface area contributed by atoms with Crippen LogP contribution in [-0.4, -0.2) is 29.0 Å². The molecule has 0 unspecified atom stereocenters. The van der Waals surface area contributed by atoms with Crippen molar-refractivity contribution in [3.63, 3.8) is 0 Å². The molecule has 0 radical (unpaired) electrons. The highest BCUT2D eigenvalue weighted by Gasteiger charge is 2.41. The van der Waals surface area contributed by atoms with E-state index in [-0.39, 0.29) is 5.54 Å². The highest BCUT2D eigenvalue weighted by atomic mass is 32.1. The lowest BCUT2D eigenvalue weighted by Gasteiger charge is -2.49. The van der Waals surface area contributed by atoms with Gasteiger partial charge in [-0.05, 0) is 44.1 Å². The molecule has 1 fully saturated rings. The van der Waals surface area contributed by atoms with E-state index in [2.05, 4.69) is 43.1 Å². The van der Waals surface area contributed by atoms with E-state index >= 15 is 0 Å². The number of nitrogens with two attached hydrogens (primary N) is 1. The van der Waals surface area contributed by atoms with Gasteiger partial charge in [0.15, 0.2) is 0 Å². The van der Waals surface area contributed by atoms with E-state index in [9.17, 15) is 0 Å². The van der Waals surface area contributed by atoms with Crippen molar-refractivity contribution < 1.29 is 0 Å². The molecule has 2 rings (SSSR count). The number of hydrogen-bond acceptors (Lipinski definition) is 4. The summed E-state index contributed by atoms with van der Waals surface area (Å²) in [6, 6.07) is 0. The number of hydrogen-bond donors (Lipinski definition) is 1. The quantitative estimate of drug-likeness (QED) is 0.866. The Morgan fingerprint density at radius 3 is 2.57 bits per heavy atom. The Kier molecular flexibility index (Phi) is 5.44. The molecule has 1 aliphatic rings. The number of aromatic nitrogens is 1. The lowest BCUT2D eigenvalue weighted by Crippen LogP contribution is -2.54.